The lowest BCUT2D eigenvalue weighted by Crippen LogP contribution is -2.41. The van der Waals surface area contributed by atoms with E-state index in [1.807, 2.05) is 67.9 Å². The van der Waals surface area contributed by atoms with E-state index in [-0.39, 0.29) is 12.1 Å². The zero-order chi connectivity index (χ0) is 21.5. The Morgan fingerprint density at radius 2 is 1.83 bits per heavy atom. The van der Waals surface area contributed by atoms with Crippen LogP contribution in [-0.4, -0.2) is 29.0 Å². The highest BCUT2D eigenvalue weighted by Gasteiger charge is 2.14. The predicted molar refractivity (Wildman–Crippen MR) is 119 cm³/mol. The largest absolute Gasteiger partial charge is 0.497 e. The van der Waals surface area contributed by atoms with Gasteiger partial charge in [0.25, 0.3) is 0 Å². The highest BCUT2D eigenvalue weighted by Crippen LogP contribution is 2.15. The minimum Gasteiger partial charge on any atom is -0.497 e. The molecule has 0 aliphatic rings. The van der Waals surface area contributed by atoms with Crippen LogP contribution in [0.15, 0.2) is 54.6 Å². The van der Waals surface area contributed by atoms with Crippen molar-refractivity contribution < 1.29 is 9.53 Å². The van der Waals surface area contributed by atoms with E-state index < -0.39 is 0 Å². The summed E-state index contributed by atoms with van der Waals surface area (Å²) >= 11 is 0. The third kappa shape index (κ3) is 5.63. The first-order valence-electron chi connectivity index (χ1n) is 10.2. The van der Waals surface area contributed by atoms with Crippen LogP contribution in [0.2, 0.25) is 0 Å². The molecule has 0 fully saturated rings. The first-order chi connectivity index (χ1) is 14.5. The lowest BCUT2D eigenvalue weighted by Gasteiger charge is -2.15. The minimum atomic E-state index is -0.181. The molecule has 1 heterocycles. The fourth-order valence-corrected chi connectivity index (χ4v) is 3.55. The van der Waals surface area contributed by atoms with Gasteiger partial charge in [-0.15, -0.1) is 0 Å². The Bertz CT molecular complexity index is 982. The van der Waals surface area contributed by atoms with Gasteiger partial charge in [-0.1, -0.05) is 42.5 Å². The van der Waals surface area contributed by atoms with Gasteiger partial charge in [0, 0.05) is 23.8 Å². The molecule has 0 radical (unpaired) electrons. The fourth-order valence-electron chi connectivity index (χ4n) is 3.55. The Morgan fingerprint density at radius 3 is 2.57 bits per heavy atom. The van der Waals surface area contributed by atoms with E-state index in [0.29, 0.717) is 6.54 Å². The van der Waals surface area contributed by atoms with Crippen LogP contribution in [0, 0.1) is 13.8 Å². The topological polar surface area (TPSA) is 68.2 Å². The van der Waals surface area contributed by atoms with E-state index in [9.17, 15) is 4.79 Å². The zero-order valence-corrected chi connectivity index (χ0v) is 18.1. The number of aromatic nitrogens is 2. The second kappa shape index (κ2) is 9.96. The molecule has 0 aliphatic heterocycles. The van der Waals surface area contributed by atoms with Gasteiger partial charge in [0.15, 0.2) is 0 Å². The van der Waals surface area contributed by atoms with Crippen LogP contribution in [0.1, 0.15) is 35.0 Å². The number of rotatable bonds is 8. The molecule has 3 rings (SSSR count). The number of carbonyl (C=O) groups is 1. The van der Waals surface area contributed by atoms with E-state index in [1.165, 1.54) is 5.56 Å². The number of urea groups is 1. The van der Waals surface area contributed by atoms with Crippen LogP contribution in [-0.2, 0) is 19.5 Å². The van der Waals surface area contributed by atoms with Crippen molar-refractivity contribution in [1.29, 1.82) is 0 Å². The first-order valence-corrected chi connectivity index (χ1v) is 10.2. The van der Waals surface area contributed by atoms with Gasteiger partial charge in [-0.3, -0.25) is 4.68 Å². The number of carbonyl (C=O) groups excluding carboxylic acids is 1. The number of aryl methyl sites for hydroxylation is 1. The van der Waals surface area contributed by atoms with E-state index >= 15 is 0 Å². The van der Waals surface area contributed by atoms with Gasteiger partial charge in [0.1, 0.15) is 5.75 Å². The molecule has 0 bridgehead atoms. The molecule has 3 aromatic rings. The van der Waals surface area contributed by atoms with Crippen LogP contribution in [0.4, 0.5) is 4.79 Å². The van der Waals surface area contributed by atoms with Crippen molar-refractivity contribution in [3.05, 3.63) is 82.7 Å². The number of benzene rings is 2. The van der Waals surface area contributed by atoms with Crippen LogP contribution in [0.25, 0.3) is 0 Å². The molecule has 6 heteroatoms. The fraction of sp³-hybridized carbons (Fsp3) is 0.333. The average Bonchev–Trinajstić information content (AvgIpc) is 2.99. The molecular formula is C24H30N4O2. The molecule has 158 valence electrons. The maximum atomic E-state index is 12.4. The average molecular weight is 407 g/mol. The third-order valence-corrected chi connectivity index (χ3v) is 5.19. The molecule has 1 unspecified atom stereocenters. The van der Waals surface area contributed by atoms with E-state index in [4.69, 9.17) is 4.74 Å². The van der Waals surface area contributed by atoms with Crippen molar-refractivity contribution >= 4 is 6.03 Å². The zero-order valence-electron chi connectivity index (χ0n) is 18.1. The molecule has 0 saturated carbocycles. The van der Waals surface area contributed by atoms with Crippen LogP contribution in [0.5, 0.6) is 5.75 Å². The molecule has 0 saturated heterocycles. The molecule has 1 aromatic heterocycles. The number of ether oxygens (including phenoxy) is 1. The Hall–Kier alpha value is -3.28. The van der Waals surface area contributed by atoms with Gasteiger partial charge in [-0.05, 0) is 50.5 Å². The van der Waals surface area contributed by atoms with Crippen LogP contribution < -0.4 is 15.4 Å². The molecule has 2 aromatic carbocycles. The Balaban J connectivity index is 1.54. The third-order valence-electron chi connectivity index (χ3n) is 5.19. The summed E-state index contributed by atoms with van der Waals surface area (Å²) in [5, 5.41) is 10.6. The molecule has 2 N–H and O–H groups in total. The normalized spacial score (nSPS) is 11.7. The molecule has 1 atom stereocenters. The van der Waals surface area contributed by atoms with E-state index in [2.05, 4.69) is 27.9 Å². The Labute approximate surface area is 178 Å². The number of nitrogens with one attached hydrogen (secondary N) is 2. The second-order valence-electron chi connectivity index (χ2n) is 7.58. The smallest absolute Gasteiger partial charge is 0.315 e. The Morgan fingerprint density at radius 1 is 1.10 bits per heavy atom. The number of nitrogens with zero attached hydrogens (tertiary/aromatic N) is 2. The molecule has 0 aliphatic carbocycles. The number of methoxy groups -OCH3 is 1. The molecule has 6 nitrogen and oxygen atoms in total. The summed E-state index contributed by atoms with van der Waals surface area (Å²) in [5.41, 5.74) is 5.39. The SMILES string of the molecule is COc1cccc(CC(C)NC(=O)NCc2c(C)nn(Cc3ccccc3)c2C)c1. The van der Waals surface area contributed by atoms with Crippen molar-refractivity contribution in [2.24, 2.45) is 0 Å². The minimum absolute atomic E-state index is 0.0000961. The standard InChI is InChI=1S/C24H30N4O2/c1-17(13-21-11-8-12-22(14-21)30-4)26-24(29)25-15-23-18(2)27-28(19(23)3)16-20-9-6-5-7-10-20/h5-12,14,17H,13,15-16H2,1-4H3,(H2,25,26,29). The highest BCUT2D eigenvalue weighted by atomic mass is 16.5. The lowest BCUT2D eigenvalue weighted by molar-refractivity contribution is 0.237. The highest BCUT2D eigenvalue weighted by molar-refractivity contribution is 5.74. The molecule has 30 heavy (non-hydrogen) atoms. The summed E-state index contributed by atoms with van der Waals surface area (Å²) in [5.74, 6) is 0.822. The van der Waals surface area contributed by atoms with Crippen LogP contribution in [0.3, 0.4) is 0 Å². The number of amides is 2. The Kier molecular flexibility index (Phi) is 7.12. The quantitative estimate of drug-likeness (QED) is 0.594. The van der Waals surface area contributed by atoms with Crippen molar-refractivity contribution in [2.75, 3.05) is 7.11 Å². The predicted octanol–water partition coefficient (Wildman–Crippen LogP) is 3.99. The monoisotopic (exact) mass is 406 g/mol. The molecule has 0 spiro atoms. The number of hydrogen-bond acceptors (Lipinski definition) is 3. The van der Waals surface area contributed by atoms with Crippen LogP contribution >= 0.6 is 0 Å². The second-order valence-corrected chi connectivity index (χ2v) is 7.58. The lowest BCUT2D eigenvalue weighted by atomic mass is 10.1. The summed E-state index contributed by atoms with van der Waals surface area (Å²) in [6.45, 7) is 7.19. The number of hydrogen-bond donors (Lipinski definition) is 2. The first kappa shape index (κ1) is 21.4. The summed E-state index contributed by atoms with van der Waals surface area (Å²) in [4.78, 5) is 12.4. The van der Waals surface area contributed by atoms with Gasteiger partial charge in [-0.2, -0.15) is 5.10 Å². The van der Waals surface area contributed by atoms with Gasteiger partial charge in [0.05, 0.1) is 19.3 Å². The summed E-state index contributed by atoms with van der Waals surface area (Å²) in [6, 6.07) is 18.0. The maximum absolute atomic E-state index is 12.4. The van der Waals surface area contributed by atoms with Crippen molar-refractivity contribution in [2.45, 2.75) is 46.3 Å². The van der Waals surface area contributed by atoms with Gasteiger partial charge in [0.2, 0.25) is 0 Å². The van der Waals surface area contributed by atoms with Crippen molar-refractivity contribution in [3.63, 3.8) is 0 Å². The molecular weight excluding hydrogens is 376 g/mol. The maximum Gasteiger partial charge on any atom is 0.315 e. The van der Waals surface area contributed by atoms with Crippen molar-refractivity contribution in [1.82, 2.24) is 20.4 Å². The van der Waals surface area contributed by atoms with Gasteiger partial charge < -0.3 is 15.4 Å². The van der Waals surface area contributed by atoms with Crippen molar-refractivity contribution in [3.8, 4) is 5.75 Å². The summed E-state index contributed by atoms with van der Waals surface area (Å²) in [6.07, 6.45) is 0.734. The summed E-state index contributed by atoms with van der Waals surface area (Å²) in [7, 11) is 1.65. The van der Waals surface area contributed by atoms with E-state index in [1.54, 1.807) is 7.11 Å². The van der Waals surface area contributed by atoms with Gasteiger partial charge >= 0.3 is 6.03 Å². The molecule has 2 amide bonds. The summed E-state index contributed by atoms with van der Waals surface area (Å²) < 4.78 is 7.25. The van der Waals surface area contributed by atoms with E-state index in [0.717, 1.165) is 41.2 Å². The van der Waals surface area contributed by atoms with Gasteiger partial charge in [-0.25, -0.2) is 4.79 Å².